The molecule has 0 saturated carbocycles. The zero-order valence-electron chi connectivity index (χ0n) is 29.2. The van der Waals surface area contributed by atoms with Crippen molar-refractivity contribution in [2.75, 3.05) is 5.75 Å². The first-order valence-electron chi connectivity index (χ1n) is 17.5. The van der Waals surface area contributed by atoms with Crippen LogP contribution in [0.15, 0.2) is 143 Å². The van der Waals surface area contributed by atoms with Gasteiger partial charge < -0.3 is 24.3 Å². The summed E-state index contributed by atoms with van der Waals surface area (Å²) in [5.74, 6) is 0.602. The van der Waals surface area contributed by atoms with Gasteiger partial charge in [0, 0.05) is 34.9 Å². The van der Waals surface area contributed by atoms with Crippen LogP contribution in [0.5, 0.6) is 0 Å². The molecule has 1 saturated heterocycles. The molecule has 11 heteroatoms. The molecule has 2 N–H and O–H groups in total. The number of nitrogens with one attached hydrogen (secondary N) is 1. The molecule has 5 aromatic carbocycles. The highest BCUT2D eigenvalue weighted by atomic mass is 35.6. The summed E-state index contributed by atoms with van der Waals surface area (Å²) in [6, 6.07) is 43.8. The van der Waals surface area contributed by atoms with E-state index in [0.717, 1.165) is 56.0 Å². The Bertz CT molecular complexity index is 2100. The van der Waals surface area contributed by atoms with Crippen LogP contribution in [-0.2, 0) is 27.4 Å². The van der Waals surface area contributed by atoms with E-state index >= 15 is 0 Å². The lowest BCUT2D eigenvalue weighted by Crippen LogP contribution is -2.38. The van der Waals surface area contributed by atoms with Crippen LogP contribution in [0, 0.1) is 5.92 Å². The van der Waals surface area contributed by atoms with E-state index in [0.29, 0.717) is 11.0 Å². The summed E-state index contributed by atoms with van der Waals surface area (Å²) in [6.07, 6.45) is -1.13. The van der Waals surface area contributed by atoms with E-state index in [9.17, 15) is 9.90 Å². The first kappa shape index (κ1) is 38.2. The van der Waals surface area contributed by atoms with Gasteiger partial charge in [-0.3, -0.25) is 4.79 Å². The van der Waals surface area contributed by atoms with E-state index in [1.54, 1.807) is 0 Å². The van der Waals surface area contributed by atoms with Crippen LogP contribution in [0.25, 0.3) is 33.7 Å². The van der Waals surface area contributed by atoms with Crippen LogP contribution in [0.1, 0.15) is 41.6 Å². The number of nitrogens with zero attached hydrogens (tertiary/aromatic N) is 1. The summed E-state index contributed by atoms with van der Waals surface area (Å²) in [7, 11) is 0. The van der Waals surface area contributed by atoms with Gasteiger partial charge in [0.05, 0.1) is 18.8 Å². The predicted molar refractivity (Wildman–Crippen MR) is 215 cm³/mol. The first-order chi connectivity index (χ1) is 26.2. The number of rotatable bonds is 11. The van der Waals surface area contributed by atoms with Crippen molar-refractivity contribution in [1.82, 2.24) is 10.3 Å². The summed E-state index contributed by atoms with van der Waals surface area (Å²) in [5, 5.41) is 12.9. The number of aliphatic hydroxyl groups excluding tert-OH is 1. The van der Waals surface area contributed by atoms with Gasteiger partial charge in [-0.15, -0.1) is 0 Å². The molecule has 2 heterocycles. The maximum atomic E-state index is 12.1. The zero-order chi connectivity index (χ0) is 37.7. The molecular weight excluding hydrogens is 763 g/mol. The lowest BCUT2D eigenvalue weighted by atomic mass is 9.91. The summed E-state index contributed by atoms with van der Waals surface area (Å²) < 4.78 is 17.8. The predicted octanol–water partition coefficient (Wildman–Crippen LogP) is 10.7. The SMILES string of the molecule is C[C@@H]1[C@H](CSc2nc(-c3ccccc3)c(-c3ccccc3)o2)O[C@H](c2ccc(-c3cccc(CNC(=O)C(Cl)(Cl)Cl)c3)cc2)O[C@@H]1c1ccc(CO)cc1. The number of hydrogen-bond donors (Lipinski definition) is 2. The van der Waals surface area contributed by atoms with Crippen molar-refractivity contribution >= 4 is 52.5 Å². The molecule has 0 radical (unpaired) electrons. The number of thioether (sulfide) groups is 1. The van der Waals surface area contributed by atoms with Gasteiger partial charge in [-0.1, -0.05) is 181 Å². The molecule has 0 unspecified atom stereocenters. The molecule has 0 bridgehead atoms. The molecule has 7 nitrogen and oxygen atoms in total. The van der Waals surface area contributed by atoms with Crippen LogP contribution >= 0.6 is 46.6 Å². The second-order valence-electron chi connectivity index (χ2n) is 13.0. The molecular formula is C43H37Cl3N2O5S. The van der Waals surface area contributed by atoms with E-state index in [-0.39, 0.29) is 31.3 Å². The Morgan fingerprint density at radius 2 is 1.41 bits per heavy atom. The molecule has 1 aliphatic rings. The van der Waals surface area contributed by atoms with E-state index < -0.39 is 16.0 Å². The van der Waals surface area contributed by atoms with Gasteiger partial charge in [-0.2, -0.15) is 0 Å². The quantitative estimate of drug-likeness (QED) is 0.0995. The number of carbonyl (C=O) groups is 1. The van der Waals surface area contributed by atoms with Crippen molar-refractivity contribution in [3.05, 3.63) is 156 Å². The van der Waals surface area contributed by atoms with Gasteiger partial charge in [-0.25, -0.2) is 4.98 Å². The Morgan fingerprint density at radius 3 is 2.07 bits per heavy atom. The summed E-state index contributed by atoms with van der Waals surface area (Å²) in [5.41, 5.74) is 8.26. The third-order valence-corrected chi connectivity index (χ3v) is 10.8. The zero-order valence-corrected chi connectivity index (χ0v) is 32.3. The normalized spacial score (nSPS) is 18.7. The number of oxazole rings is 1. The topological polar surface area (TPSA) is 93.8 Å². The van der Waals surface area contributed by atoms with E-state index in [1.165, 1.54) is 11.8 Å². The molecule has 1 aromatic heterocycles. The smallest absolute Gasteiger partial charge is 0.272 e. The first-order valence-corrected chi connectivity index (χ1v) is 19.6. The number of alkyl halides is 3. The lowest BCUT2D eigenvalue weighted by Gasteiger charge is -2.41. The maximum absolute atomic E-state index is 12.1. The van der Waals surface area contributed by atoms with Crippen molar-refractivity contribution in [3.63, 3.8) is 0 Å². The third-order valence-electron chi connectivity index (χ3n) is 9.34. The van der Waals surface area contributed by atoms with Crippen LogP contribution in [-0.4, -0.2) is 31.6 Å². The van der Waals surface area contributed by atoms with Gasteiger partial charge >= 0.3 is 0 Å². The van der Waals surface area contributed by atoms with Gasteiger partial charge in [0.2, 0.25) is 0 Å². The molecule has 0 spiro atoms. The Morgan fingerprint density at radius 1 is 0.759 bits per heavy atom. The Hall–Kier alpha value is -4.12. The second kappa shape index (κ2) is 17.1. The number of amides is 1. The van der Waals surface area contributed by atoms with E-state index in [4.69, 9.17) is 53.7 Å². The lowest BCUT2D eigenvalue weighted by molar-refractivity contribution is -0.268. The number of benzene rings is 5. The van der Waals surface area contributed by atoms with Crippen LogP contribution in [0.2, 0.25) is 0 Å². The Kier molecular flexibility index (Phi) is 12.1. The average Bonchev–Trinajstić information content (AvgIpc) is 3.64. The minimum atomic E-state index is -2.03. The van der Waals surface area contributed by atoms with Gasteiger partial charge in [0.1, 0.15) is 5.69 Å². The molecule has 276 valence electrons. The molecule has 0 aliphatic carbocycles. The molecule has 7 rings (SSSR count). The second-order valence-corrected chi connectivity index (χ2v) is 16.3. The fraction of sp³-hybridized carbons (Fsp3) is 0.209. The largest absolute Gasteiger partial charge is 0.431 e. The fourth-order valence-electron chi connectivity index (χ4n) is 6.38. The van der Waals surface area contributed by atoms with Crippen molar-refractivity contribution < 1.29 is 23.8 Å². The summed E-state index contributed by atoms with van der Waals surface area (Å²) >= 11 is 18.6. The summed E-state index contributed by atoms with van der Waals surface area (Å²) in [4.78, 5) is 17.0. The highest BCUT2D eigenvalue weighted by molar-refractivity contribution is 7.99. The number of aromatic nitrogens is 1. The summed E-state index contributed by atoms with van der Waals surface area (Å²) in [6.45, 7) is 2.32. The molecule has 4 atom stereocenters. The average molecular weight is 800 g/mol. The van der Waals surface area contributed by atoms with Crippen molar-refractivity contribution in [2.24, 2.45) is 5.92 Å². The minimum Gasteiger partial charge on any atom is -0.431 e. The molecule has 54 heavy (non-hydrogen) atoms. The fourth-order valence-corrected chi connectivity index (χ4v) is 7.57. The minimum absolute atomic E-state index is 0.0186. The molecule has 1 amide bonds. The number of ether oxygens (including phenoxy) is 2. The monoisotopic (exact) mass is 798 g/mol. The van der Waals surface area contributed by atoms with Crippen molar-refractivity contribution in [3.8, 4) is 33.7 Å². The van der Waals surface area contributed by atoms with Crippen LogP contribution in [0.4, 0.5) is 0 Å². The number of carbonyl (C=O) groups excluding carboxylic acids is 1. The van der Waals surface area contributed by atoms with Gasteiger partial charge in [-0.05, 0) is 33.9 Å². The van der Waals surface area contributed by atoms with Crippen molar-refractivity contribution in [2.45, 2.75) is 47.6 Å². The molecule has 1 aliphatic heterocycles. The van der Waals surface area contributed by atoms with Crippen LogP contribution in [0.3, 0.4) is 0 Å². The highest BCUT2D eigenvalue weighted by Crippen LogP contribution is 2.44. The maximum Gasteiger partial charge on any atom is 0.272 e. The number of halogens is 3. The van der Waals surface area contributed by atoms with Crippen LogP contribution < -0.4 is 5.32 Å². The van der Waals surface area contributed by atoms with Crippen molar-refractivity contribution in [1.29, 1.82) is 0 Å². The highest BCUT2D eigenvalue weighted by Gasteiger charge is 2.39. The Labute approximate surface area is 333 Å². The number of hydrogen-bond acceptors (Lipinski definition) is 7. The standard InChI is InChI=1S/C43H37Cl3N2O5S/c1-27-36(26-54-42-48-37(31-10-4-2-5-11-31)39(53-42)32-12-6-3-7-13-32)51-40(52-38(27)33-17-15-28(25-49)16-18-33)34-21-19-30(20-22-34)35-14-8-9-29(23-35)24-47-41(50)43(44,45)46/h2-23,27,36,38,40,49H,24-26H2,1H3,(H,47,50)/t27-,36+,38+,40+/m1/s1. The van der Waals surface area contributed by atoms with E-state index in [2.05, 4.69) is 12.2 Å². The molecule has 6 aromatic rings. The van der Waals surface area contributed by atoms with Gasteiger partial charge in [0.25, 0.3) is 14.9 Å². The number of aliphatic hydroxyl groups is 1. The molecule has 1 fully saturated rings. The van der Waals surface area contributed by atoms with E-state index in [1.807, 2.05) is 133 Å². The third kappa shape index (κ3) is 9.04. The Balaban J connectivity index is 1.12. The van der Waals surface area contributed by atoms with Gasteiger partial charge in [0.15, 0.2) is 12.1 Å².